The van der Waals surface area contributed by atoms with Gasteiger partial charge in [-0.15, -0.1) is 0 Å². The lowest BCUT2D eigenvalue weighted by molar-refractivity contribution is -0.132. The van der Waals surface area contributed by atoms with Crippen LogP contribution in [-0.4, -0.2) is 50.9 Å². The molecule has 4 nitrogen and oxygen atoms in total. The standard InChI is InChI=1S/C9H19NO3S/c1-8(13-6-5-12-2)9(11)10-4-7-14-3/h8H,4-7H2,1-3H3,(H,10,11). The van der Waals surface area contributed by atoms with E-state index in [0.717, 1.165) is 5.75 Å². The predicted octanol–water partition coefficient (Wildman–Crippen LogP) is 0.517. The number of amides is 1. The lowest BCUT2D eigenvalue weighted by Gasteiger charge is -2.12. The normalized spacial score (nSPS) is 12.5. The molecule has 84 valence electrons. The molecule has 1 amide bonds. The maximum atomic E-state index is 11.3. The maximum absolute atomic E-state index is 11.3. The molecule has 0 bridgehead atoms. The molecular weight excluding hydrogens is 202 g/mol. The van der Waals surface area contributed by atoms with Crippen molar-refractivity contribution >= 4 is 17.7 Å². The summed E-state index contributed by atoms with van der Waals surface area (Å²) in [6.45, 7) is 3.40. The molecule has 14 heavy (non-hydrogen) atoms. The molecular formula is C9H19NO3S. The first kappa shape index (κ1) is 13.7. The van der Waals surface area contributed by atoms with E-state index in [1.807, 2.05) is 6.26 Å². The molecule has 0 aliphatic carbocycles. The lowest BCUT2D eigenvalue weighted by Crippen LogP contribution is -2.36. The van der Waals surface area contributed by atoms with Crippen molar-refractivity contribution in [3.63, 3.8) is 0 Å². The van der Waals surface area contributed by atoms with Gasteiger partial charge in [-0.1, -0.05) is 0 Å². The SMILES string of the molecule is COCCOC(C)C(=O)NCCSC. The van der Waals surface area contributed by atoms with Crippen molar-refractivity contribution in [2.45, 2.75) is 13.0 Å². The van der Waals surface area contributed by atoms with Crippen LogP contribution < -0.4 is 5.32 Å². The quantitative estimate of drug-likeness (QED) is 0.607. The van der Waals surface area contributed by atoms with Crippen LogP contribution in [0.2, 0.25) is 0 Å². The second-order valence-corrected chi connectivity index (χ2v) is 3.78. The topological polar surface area (TPSA) is 47.6 Å². The van der Waals surface area contributed by atoms with Crippen molar-refractivity contribution in [3.8, 4) is 0 Å². The van der Waals surface area contributed by atoms with Crippen LogP contribution in [0.15, 0.2) is 0 Å². The third kappa shape index (κ3) is 7.17. The largest absolute Gasteiger partial charge is 0.382 e. The Kier molecular flexibility index (Phi) is 9.13. The van der Waals surface area contributed by atoms with Crippen molar-refractivity contribution in [1.29, 1.82) is 0 Å². The molecule has 0 aromatic carbocycles. The second-order valence-electron chi connectivity index (χ2n) is 2.79. The summed E-state index contributed by atoms with van der Waals surface area (Å²) in [4.78, 5) is 11.3. The molecule has 0 aliphatic rings. The van der Waals surface area contributed by atoms with Gasteiger partial charge in [0.1, 0.15) is 6.10 Å². The number of carbonyl (C=O) groups is 1. The fourth-order valence-corrected chi connectivity index (χ4v) is 1.11. The first-order valence-electron chi connectivity index (χ1n) is 4.59. The summed E-state index contributed by atoms with van der Waals surface area (Å²) in [6.07, 6.45) is 1.61. The van der Waals surface area contributed by atoms with Crippen molar-refractivity contribution in [2.75, 3.05) is 38.9 Å². The van der Waals surface area contributed by atoms with Crippen LogP contribution in [0.25, 0.3) is 0 Å². The van der Waals surface area contributed by atoms with Crippen molar-refractivity contribution in [1.82, 2.24) is 5.32 Å². The summed E-state index contributed by atoms with van der Waals surface area (Å²) in [5.41, 5.74) is 0. The van der Waals surface area contributed by atoms with E-state index in [2.05, 4.69) is 5.32 Å². The first-order valence-corrected chi connectivity index (χ1v) is 5.99. The summed E-state index contributed by atoms with van der Waals surface area (Å²) in [7, 11) is 1.60. The zero-order chi connectivity index (χ0) is 10.8. The molecule has 0 saturated heterocycles. The van der Waals surface area contributed by atoms with Crippen molar-refractivity contribution in [3.05, 3.63) is 0 Å². The fraction of sp³-hybridized carbons (Fsp3) is 0.889. The summed E-state index contributed by atoms with van der Waals surface area (Å²) in [5.74, 6) is 0.867. The number of hydrogen-bond acceptors (Lipinski definition) is 4. The van der Waals surface area contributed by atoms with Gasteiger partial charge in [-0.2, -0.15) is 11.8 Å². The number of methoxy groups -OCH3 is 1. The molecule has 0 radical (unpaired) electrons. The molecule has 5 heteroatoms. The molecule has 1 N–H and O–H groups in total. The van der Waals surface area contributed by atoms with E-state index in [4.69, 9.17) is 9.47 Å². The van der Waals surface area contributed by atoms with Crippen LogP contribution in [-0.2, 0) is 14.3 Å². The summed E-state index contributed by atoms with van der Waals surface area (Å²) in [5, 5.41) is 2.78. The van der Waals surface area contributed by atoms with E-state index in [1.165, 1.54) is 0 Å². The minimum absolute atomic E-state index is 0.0600. The number of hydrogen-bond donors (Lipinski definition) is 1. The first-order chi connectivity index (χ1) is 6.72. The summed E-state index contributed by atoms with van der Waals surface area (Å²) >= 11 is 1.70. The van der Waals surface area contributed by atoms with Crippen molar-refractivity contribution in [2.24, 2.45) is 0 Å². The third-order valence-electron chi connectivity index (χ3n) is 1.63. The van der Waals surface area contributed by atoms with Crippen LogP contribution in [0.1, 0.15) is 6.92 Å². The Bertz CT molecular complexity index is 155. The van der Waals surface area contributed by atoms with Crippen LogP contribution in [0.5, 0.6) is 0 Å². The highest BCUT2D eigenvalue weighted by molar-refractivity contribution is 7.98. The molecule has 0 aromatic rings. The van der Waals surface area contributed by atoms with Gasteiger partial charge in [0.15, 0.2) is 0 Å². The average molecular weight is 221 g/mol. The zero-order valence-corrected chi connectivity index (χ0v) is 9.86. The van der Waals surface area contributed by atoms with Gasteiger partial charge in [0.25, 0.3) is 0 Å². The van der Waals surface area contributed by atoms with Gasteiger partial charge in [0.2, 0.25) is 5.91 Å². The Morgan fingerprint density at radius 3 is 2.79 bits per heavy atom. The van der Waals surface area contributed by atoms with E-state index < -0.39 is 6.10 Å². The molecule has 0 spiro atoms. The number of nitrogens with one attached hydrogen (secondary N) is 1. The molecule has 0 aromatic heterocycles. The van der Waals surface area contributed by atoms with Gasteiger partial charge in [0, 0.05) is 19.4 Å². The van der Waals surface area contributed by atoms with Crippen LogP contribution in [0, 0.1) is 0 Å². The van der Waals surface area contributed by atoms with E-state index in [-0.39, 0.29) is 5.91 Å². The fourth-order valence-electron chi connectivity index (χ4n) is 0.804. The lowest BCUT2D eigenvalue weighted by atomic mass is 10.4. The Morgan fingerprint density at radius 2 is 2.21 bits per heavy atom. The smallest absolute Gasteiger partial charge is 0.248 e. The Balaban J connectivity index is 3.44. The molecule has 1 unspecified atom stereocenters. The molecule has 0 saturated carbocycles. The van der Waals surface area contributed by atoms with Crippen molar-refractivity contribution < 1.29 is 14.3 Å². The third-order valence-corrected chi connectivity index (χ3v) is 2.24. The summed E-state index contributed by atoms with van der Waals surface area (Å²) < 4.78 is 10.0. The van der Waals surface area contributed by atoms with Crippen LogP contribution in [0.3, 0.4) is 0 Å². The number of rotatable bonds is 8. The molecule has 0 fully saturated rings. The molecule has 0 rings (SSSR count). The molecule has 0 heterocycles. The van der Waals surface area contributed by atoms with Crippen LogP contribution >= 0.6 is 11.8 Å². The highest BCUT2D eigenvalue weighted by Crippen LogP contribution is 1.92. The predicted molar refractivity (Wildman–Crippen MR) is 58.7 cm³/mol. The van der Waals surface area contributed by atoms with Gasteiger partial charge in [0.05, 0.1) is 13.2 Å². The average Bonchev–Trinajstić information content (AvgIpc) is 2.18. The maximum Gasteiger partial charge on any atom is 0.248 e. The monoisotopic (exact) mass is 221 g/mol. The van der Waals surface area contributed by atoms with Gasteiger partial charge in [-0.05, 0) is 13.2 Å². The zero-order valence-electron chi connectivity index (χ0n) is 9.04. The van der Waals surface area contributed by atoms with Gasteiger partial charge >= 0.3 is 0 Å². The molecule has 1 atom stereocenters. The minimum Gasteiger partial charge on any atom is -0.382 e. The van der Waals surface area contributed by atoms with Gasteiger partial charge < -0.3 is 14.8 Å². The highest BCUT2D eigenvalue weighted by atomic mass is 32.2. The number of thioether (sulfide) groups is 1. The number of carbonyl (C=O) groups excluding carboxylic acids is 1. The van der Waals surface area contributed by atoms with Gasteiger partial charge in [-0.25, -0.2) is 0 Å². The van der Waals surface area contributed by atoms with E-state index in [0.29, 0.717) is 19.8 Å². The minimum atomic E-state index is -0.396. The Morgan fingerprint density at radius 1 is 1.50 bits per heavy atom. The van der Waals surface area contributed by atoms with E-state index in [1.54, 1.807) is 25.8 Å². The Hall–Kier alpha value is -0.260. The summed E-state index contributed by atoms with van der Waals surface area (Å²) in [6, 6.07) is 0. The molecule has 0 aliphatic heterocycles. The second kappa shape index (κ2) is 9.30. The van der Waals surface area contributed by atoms with E-state index >= 15 is 0 Å². The Labute approximate surface area is 89.7 Å². The number of ether oxygens (including phenoxy) is 2. The highest BCUT2D eigenvalue weighted by Gasteiger charge is 2.11. The van der Waals surface area contributed by atoms with E-state index in [9.17, 15) is 4.79 Å². The van der Waals surface area contributed by atoms with Crippen LogP contribution in [0.4, 0.5) is 0 Å². The van der Waals surface area contributed by atoms with Gasteiger partial charge in [-0.3, -0.25) is 4.79 Å².